The molecule has 1 aliphatic heterocycles. The van der Waals surface area contributed by atoms with Gasteiger partial charge in [0, 0.05) is 6.54 Å². The molecule has 0 radical (unpaired) electrons. The number of halogens is 3. The zero-order valence-corrected chi connectivity index (χ0v) is 14.4. The first-order valence-electron chi connectivity index (χ1n) is 7.08. The number of piperidine rings is 1. The molecule has 6 heteroatoms. The van der Waals surface area contributed by atoms with Crippen LogP contribution < -0.4 is 5.32 Å². The Morgan fingerprint density at radius 2 is 1.95 bits per heavy atom. The Hall–Kier alpha value is -0.480. The number of rotatable bonds is 3. The third kappa shape index (κ3) is 4.26. The van der Waals surface area contributed by atoms with Gasteiger partial charge in [0.05, 0.1) is 26.8 Å². The number of nitrogens with zero attached hydrogens (tertiary/aromatic N) is 1. The van der Waals surface area contributed by atoms with Gasteiger partial charge in [-0.1, -0.05) is 41.7 Å². The maximum absolute atomic E-state index is 12.4. The van der Waals surface area contributed by atoms with Crippen LogP contribution >= 0.6 is 34.8 Å². The first-order valence-corrected chi connectivity index (χ1v) is 8.21. The molecule has 1 aromatic carbocycles. The number of anilines is 1. The van der Waals surface area contributed by atoms with Crippen molar-refractivity contribution in [2.45, 2.75) is 32.7 Å². The molecule has 1 aromatic rings. The normalized spacial score (nSPS) is 21.1. The summed E-state index contributed by atoms with van der Waals surface area (Å²) in [5.74, 6) is 0.548. The number of hydrogen-bond donors (Lipinski definition) is 1. The van der Waals surface area contributed by atoms with E-state index in [-0.39, 0.29) is 11.9 Å². The number of likely N-dealkylation sites (tertiary alicyclic amines) is 1. The number of amides is 1. The molecule has 0 bridgehead atoms. The van der Waals surface area contributed by atoms with Gasteiger partial charge in [0.15, 0.2) is 0 Å². The molecule has 0 aromatic heterocycles. The third-order valence-corrected chi connectivity index (χ3v) is 4.92. The van der Waals surface area contributed by atoms with Crippen LogP contribution in [-0.4, -0.2) is 29.9 Å². The molecule has 1 heterocycles. The second-order valence-electron chi connectivity index (χ2n) is 5.65. The highest BCUT2D eigenvalue weighted by atomic mass is 35.5. The second kappa shape index (κ2) is 7.19. The summed E-state index contributed by atoms with van der Waals surface area (Å²) in [6.45, 7) is 6.03. The average Bonchev–Trinajstić information content (AvgIpc) is 2.43. The van der Waals surface area contributed by atoms with Crippen molar-refractivity contribution in [1.82, 2.24) is 4.90 Å². The van der Waals surface area contributed by atoms with Gasteiger partial charge in [-0.2, -0.15) is 0 Å². The molecule has 0 saturated carbocycles. The smallest absolute Gasteiger partial charge is 0.241 e. The van der Waals surface area contributed by atoms with E-state index in [9.17, 15) is 4.79 Å². The van der Waals surface area contributed by atoms with Crippen molar-refractivity contribution >= 4 is 46.4 Å². The van der Waals surface area contributed by atoms with E-state index in [0.717, 1.165) is 19.5 Å². The van der Waals surface area contributed by atoms with E-state index in [1.165, 1.54) is 12.5 Å². The van der Waals surface area contributed by atoms with Crippen LogP contribution in [0.5, 0.6) is 0 Å². The summed E-state index contributed by atoms with van der Waals surface area (Å²) in [5, 5.41) is 3.96. The standard InChI is InChI=1S/C15H19Cl3N2O/c1-9-4-3-5-20(8-9)10(2)15(21)19-14-7-12(17)11(16)6-13(14)18/h6-7,9-10H,3-5,8H2,1-2H3,(H,19,21). The number of carbonyl (C=O) groups excluding carboxylic acids is 1. The second-order valence-corrected chi connectivity index (χ2v) is 6.88. The average molecular weight is 350 g/mol. The molecule has 2 unspecified atom stereocenters. The van der Waals surface area contributed by atoms with Crippen molar-refractivity contribution < 1.29 is 4.79 Å². The van der Waals surface area contributed by atoms with E-state index in [0.29, 0.717) is 26.7 Å². The SMILES string of the molecule is CC1CCCN(C(C)C(=O)Nc2cc(Cl)c(Cl)cc2Cl)C1. The third-order valence-electron chi connectivity index (χ3n) is 3.88. The lowest BCUT2D eigenvalue weighted by molar-refractivity contribution is -0.121. The molecular formula is C15H19Cl3N2O. The van der Waals surface area contributed by atoms with Gasteiger partial charge < -0.3 is 5.32 Å². The Bertz CT molecular complexity index is 536. The molecule has 0 aliphatic carbocycles. The topological polar surface area (TPSA) is 32.3 Å². The summed E-state index contributed by atoms with van der Waals surface area (Å²) in [5.41, 5.74) is 0.493. The number of nitrogens with one attached hydrogen (secondary N) is 1. The largest absolute Gasteiger partial charge is 0.323 e. The highest BCUT2D eigenvalue weighted by Gasteiger charge is 2.26. The fourth-order valence-corrected chi connectivity index (χ4v) is 3.19. The van der Waals surface area contributed by atoms with Gasteiger partial charge in [0.1, 0.15) is 0 Å². The van der Waals surface area contributed by atoms with Crippen LogP contribution in [0.2, 0.25) is 15.1 Å². The maximum atomic E-state index is 12.4. The summed E-state index contributed by atoms with van der Waals surface area (Å²) < 4.78 is 0. The minimum absolute atomic E-state index is 0.0793. The van der Waals surface area contributed by atoms with Crippen LogP contribution in [0.25, 0.3) is 0 Å². The van der Waals surface area contributed by atoms with Crippen LogP contribution in [0.1, 0.15) is 26.7 Å². The number of hydrogen-bond acceptors (Lipinski definition) is 2. The summed E-state index contributed by atoms with van der Waals surface area (Å²) in [6.07, 6.45) is 2.36. The summed E-state index contributed by atoms with van der Waals surface area (Å²) in [6, 6.07) is 2.92. The van der Waals surface area contributed by atoms with Gasteiger partial charge >= 0.3 is 0 Å². The van der Waals surface area contributed by atoms with E-state index in [4.69, 9.17) is 34.8 Å². The van der Waals surface area contributed by atoms with Crippen LogP contribution in [0.15, 0.2) is 12.1 Å². The highest BCUT2D eigenvalue weighted by Crippen LogP contribution is 2.32. The highest BCUT2D eigenvalue weighted by molar-refractivity contribution is 6.44. The van der Waals surface area contributed by atoms with Crippen LogP contribution in [0.4, 0.5) is 5.69 Å². The maximum Gasteiger partial charge on any atom is 0.241 e. The van der Waals surface area contributed by atoms with E-state index in [2.05, 4.69) is 17.1 Å². The minimum atomic E-state index is -0.196. The Morgan fingerprint density at radius 3 is 2.62 bits per heavy atom. The summed E-state index contributed by atoms with van der Waals surface area (Å²) in [4.78, 5) is 14.6. The monoisotopic (exact) mass is 348 g/mol. The van der Waals surface area contributed by atoms with Crippen LogP contribution in [0.3, 0.4) is 0 Å². The lowest BCUT2D eigenvalue weighted by atomic mass is 9.99. The lowest BCUT2D eigenvalue weighted by Crippen LogP contribution is -2.46. The molecule has 0 spiro atoms. The van der Waals surface area contributed by atoms with E-state index in [1.54, 1.807) is 6.07 Å². The molecule has 21 heavy (non-hydrogen) atoms. The van der Waals surface area contributed by atoms with Gasteiger partial charge in [-0.15, -0.1) is 0 Å². The molecular weight excluding hydrogens is 331 g/mol. The molecule has 116 valence electrons. The Kier molecular flexibility index (Phi) is 5.78. The molecule has 1 fully saturated rings. The Morgan fingerprint density at radius 1 is 1.29 bits per heavy atom. The van der Waals surface area contributed by atoms with Crippen LogP contribution in [-0.2, 0) is 4.79 Å². The van der Waals surface area contributed by atoms with Crippen molar-refractivity contribution in [2.24, 2.45) is 5.92 Å². The first kappa shape index (κ1) is 16.9. The van der Waals surface area contributed by atoms with Crippen molar-refractivity contribution in [2.75, 3.05) is 18.4 Å². The molecule has 3 nitrogen and oxygen atoms in total. The fraction of sp³-hybridized carbons (Fsp3) is 0.533. The van der Waals surface area contributed by atoms with Gasteiger partial charge in [-0.3, -0.25) is 9.69 Å². The van der Waals surface area contributed by atoms with E-state index in [1.807, 2.05) is 6.92 Å². The lowest BCUT2D eigenvalue weighted by Gasteiger charge is -2.34. The van der Waals surface area contributed by atoms with E-state index >= 15 is 0 Å². The van der Waals surface area contributed by atoms with Crippen molar-refractivity contribution in [1.29, 1.82) is 0 Å². The fourth-order valence-electron chi connectivity index (χ4n) is 2.60. The Balaban J connectivity index is 2.05. The molecule has 1 aliphatic rings. The minimum Gasteiger partial charge on any atom is -0.323 e. The molecule has 1 N–H and O–H groups in total. The zero-order chi connectivity index (χ0) is 15.6. The zero-order valence-electron chi connectivity index (χ0n) is 12.1. The van der Waals surface area contributed by atoms with Crippen molar-refractivity contribution in [3.05, 3.63) is 27.2 Å². The quantitative estimate of drug-likeness (QED) is 0.802. The predicted molar refractivity (Wildman–Crippen MR) is 89.5 cm³/mol. The first-order chi connectivity index (χ1) is 9.88. The predicted octanol–water partition coefficient (Wildman–Crippen LogP) is 4.71. The van der Waals surface area contributed by atoms with Gasteiger partial charge in [-0.25, -0.2) is 0 Å². The summed E-state index contributed by atoms with van der Waals surface area (Å²) >= 11 is 17.9. The Labute approximate surface area is 140 Å². The molecule has 2 rings (SSSR count). The number of carbonyl (C=O) groups is 1. The molecule has 1 saturated heterocycles. The summed E-state index contributed by atoms with van der Waals surface area (Å²) in [7, 11) is 0. The van der Waals surface area contributed by atoms with Gasteiger partial charge in [0.25, 0.3) is 0 Å². The van der Waals surface area contributed by atoms with Gasteiger partial charge in [-0.05, 0) is 44.4 Å². The van der Waals surface area contributed by atoms with Gasteiger partial charge in [0.2, 0.25) is 5.91 Å². The number of benzene rings is 1. The van der Waals surface area contributed by atoms with Crippen molar-refractivity contribution in [3.8, 4) is 0 Å². The molecule has 1 amide bonds. The molecule has 2 atom stereocenters. The van der Waals surface area contributed by atoms with Crippen LogP contribution in [0, 0.1) is 5.92 Å². The van der Waals surface area contributed by atoms with Crippen molar-refractivity contribution in [3.63, 3.8) is 0 Å². The van der Waals surface area contributed by atoms with E-state index < -0.39 is 0 Å².